The Kier molecular flexibility index (Phi) is 5.39. The van der Waals surface area contributed by atoms with Crippen molar-refractivity contribution in [3.63, 3.8) is 0 Å². The molecule has 2 heterocycles. The normalized spacial score (nSPS) is 16.5. The summed E-state index contributed by atoms with van der Waals surface area (Å²) in [5.74, 6) is 0.920. The number of rotatable bonds is 6. The van der Waals surface area contributed by atoms with Gasteiger partial charge < -0.3 is 9.32 Å². The highest BCUT2D eigenvalue weighted by Crippen LogP contribution is 2.20. The zero-order valence-electron chi connectivity index (χ0n) is 14.6. The van der Waals surface area contributed by atoms with Crippen LogP contribution in [-0.2, 0) is 16.4 Å². The highest BCUT2D eigenvalue weighted by atomic mass is 32.2. The number of hydrogen-bond acceptors (Lipinski definition) is 6. The van der Waals surface area contributed by atoms with Gasteiger partial charge >= 0.3 is 6.01 Å². The van der Waals surface area contributed by atoms with Crippen LogP contribution in [-0.4, -0.2) is 54.9 Å². The summed E-state index contributed by atoms with van der Waals surface area (Å²) in [4.78, 5) is 1.95. The molecule has 1 aromatic carbocycles. The lowest BCUT2D eigenvalue weighted by atomic mass is 10.2. The molecule has 0 spiro atoms. The average Bonchev–Trinajstić information content (AvgIpc) is 3.12. The van der Waals surface area contributed by atoms with Crippen molar-refractivity contribution < 1.29 is 12.8 Å². The number of hydrogen-bond donors (Lipinski definition) is 0. The van der Waals surface area contributed by atoms with Crippen LogP contribution in [0.4, 0.5) is 6.01 Å². The molecular weight excluding hydrogens is 340 g/mol. The minimum Gasteiger partial charge on any atom is -0.408 e. The molecule has 0 atom stereocenters. The molecule has 0 radical (unpaired) electrons. The van der Waals surface area contributed by atoms with Gasteiger partial charge in [-0.3, -0.25) is 0 Å². The molecule has 8 heteroatoms. The summed E-state index contributed by atoms with van der Waals surface area (Å²) in [6.07, 6.45) is 0.533. The van der Waals surface area contributed by atoms with Crippen LogP contribution in [0, 0.1) is 0 Å². The summed E-state index contributed by atoms with van der Waals surface area (Å²) in [6, 6.07) is 10.2. The van der Waals surface area contributed by atoms with Gasteiger partial charge in [-0.25, -0.2) is 8.42 Å². The van der Waals surface area contributed by atoms with Gasteiger partial charge in [-0.15, -0.1) is 5.10 Å². The summed E-state index contributed by atoms with van der Waals surface area (Å²) in [7, 11) is -3.26. The fraction of sp³-hybridized carbons (Fsp3) is 0.529. The molecular formula is C17H24N4O3S. The van der Waals surface area contributed by atoms with Crippen molar-refractivity contribution in [1.82, 2.24) is 14.5 Å². The molecule has 136 valence electrons. The Morgan fingerprint density at radius 2 is 1.76 bits per heavy atom. The molecule has 7 nitrogen and oxygen atoms in total. The van der Waals surface area contributed by atoms with Crippen LogP contribution in [0.3, 0.4) is 0 Å². The van der Waals surface area contributed by atoms with Crippen molar-refractivity contribution in [2.75, 3.05) is 36.8 Å². The zero-order valence-corrected chi connectivity index (χ0v) is 15.4. The lowest BCUT2D eigenvalue weighted by Crippen LogP contribution is -2.49. The topological polar surface area (TPSA) is 79.5 Å². The number of sulfonamides is 1. The molecule has 1 aliphatic heterocycles. The van der Waals surface area contributed by atoms with Crippen LogP contribution in [0.25, 0.3) is 0 Å². The van der Waals surface area contributed by atoms with E-state index in [1.165, 1.54) is 0 Å². The Hall–Kier alpha value is -1.93. The molecule has 0 bridgehead atoms. The monoisotopic (exact) mass is 364 g/mol. The standard InChI is InChI=1S/C17H24N4O3S/c1-14(2)16-18-19-17(24-16)20-9-11-21(12-10-20)25(22,23)13-8-15-6-4-3-5-7-15/h3-7,14H,8-13H2,1-2H3. The van der Waals surface area contributed by atoms with Crippen LogP contribution in [0.1, 0.15) is 31.2 Å². The van der Waals surface area contributed by atoms with Gasteiger partial charge in [0.25, 0.3) is 0 Å². The molecule has 1 fully saturated rings. The quantitative estimate of drug-likeness (QED) is 0.779. The number of benzene rings is 1. The van der Waals surface area contributed by atoms with Crippen molar-refractivity contribution in [3.8, 4) is 0 Å². The third-order valence-electron chi connectivity index (χ3n) is 4.32. The molecule has 1 aromatic heterocycles. The molecule has 0 amide bonds. The van der Waals surface area contributed by atoms with E-state index in [1.54, 1.807) is 4.31 Å². The summed E-state index contributed by atoms with van der Waals surface area (Å²) in [6.45, 7) is 5.99. The van der Waals surface area contributed by atoms with Gasteiger partial charge in [0.05, 0.1) is 5.75 Å². The Labute approximate surface area is 148 Å². The molecule has 2 aromatic rings. The van der Waals surface area contributed by atoms with E-state index in [1.807, 2.05) is 49.1 Å². The number of nitrogens with zero attached hydrogens (tertiary/aromatic N) is 4. The van der Waals surface area contributed by atoms with Crippen molar-refractivity contribution in [2.24, 2.45) is 0 Å². The predicted octanol–water partition coefficient (Wildman–Crippen LogP) is 1.89. The minimum absolute atomic E-state index is 0.134. The maximum atomic E-state index is 12.6. The molecule has 0 unspecified atom stereocenters. The molecule has 3 rings (SSSR count). The second-order valence-electron chi connectivity index (χ2n) is 6.52. The van der Waals surface area contributed by atoms with Gasteiger partial charge in [0, 0.05) is 32.1 Å². The number of aromatic nitrogens is 2. The lowest BCUT2D eigenvalue weighted by molar-refractivity contribution is 0.367. The first-order valence-electron chi connectivity index (χ1n) is 8.56. The van der Waals surface area contributed by atoms with Crippen LogP contribution < -0.4 is 4.90 Å². The second-order valence-corrected chi connectivity index (χ2v) is 8.60. The lowest BCUT2D eigenvalue weighted by Gasteiger charge is -2.32. The predicted molar refractivity (Wildman–Crippen MR) is 96.1 cm³/mol. The highest BCUT2D eigenvalue weighted by molar-refractivity contribution is 7.89. The summed E-state index contributed by atoms with van der Waals surface area (Å²) < 4.78 is 32.3. The average molecular weight is 364 g/mol. The third kappa shape index (κ3) is 4.38. The SMILES string of the molecule is CC(C)c1nnc(N2CCN(S(=O)(=O)CCc3ccccc3)CC2)o1. The Morgan fingerprint density at radius 3 is 2.36 bits per heavy atom. The summed E-state index contributed by atoms with van der Waals surface area (Å²) >= 11 is 0. The Balaban J connectivity index is 1.55. The molecule has 0 saturated carbocycles. The van der Waals surface area contributed by atoms with Gasteiger partial charge in [0.15, 0.2) is 0 Å². The molecule has 0 aliphatic carbocycles. The fourth-order valence-corrected chi connectivity index (χ4v) is 4.24. The van der Waals surface area contributed by atoms with E-state index < -0.39 is 10.0 Å². The van der Waals surface area contributed by atoms with Crippen molar-refractivity contribution in [2.45, 2.75) is 26.2 Å². The summed E-state index contributed by atoms with van der Waals surface area (Å²) in [5.41, 5.74) is 1.04. The summed E-state index contributed by atoms with van der Waals surface area (Å²) in [5, 5.41) is 8.10. The maximum Gasteiger partial charge on any atom is 0.318 e. The first kappa shape index (κ1) is 17.9. The van der Waals surface area contributed by atoms with E-state index in [-0.39, 0.29) is 11.7 Å². The minimum atomic E-state index is -3.26. The number of aryl methyl sites for hydroxylation is 1. The van der Waals surface area contributed by atoms with Gasteiger partial charge in [-0.2, -0.15) is 4.31 Å². The van der Waals surface area contributed by atoms with Crippen LogP contribution in [0.5, 0.6) is 0 Å². The molecule has 1 saturated heterocycles. The largest absolute Gasteiger partial charge is 0.408 e. The van der Waals surface area contributed by atoms with Crippen LogP contribution in [0.15, 0.2) is 34.7 Å². The number of piperazine rings is 1. The number of anilines is 1. The Morgan fingerprint density at radius 1 is 1.08 bits per heavy atom. The highest BCUT2D eigenvalue weighted by Gasteiger charge is 2.28. The van der Waals surface area contributed by atoms with Gasteiger partial charge in [-0.05, 0) is 12.0 Å². The van der Waals surface area contributed by atoms with Crippen LogP contribution >= 0.6 is 0 Å². The molecule has 0 N–H and O–H groups in total. The molecule has 25 heavy (non-hydrogen) atoms. The van der Waals surface area contributed by atoms with E-state index in [9.17, 15) is 8.42 Å². The zero-order chi connectivity index (χ0) is 17.9. The van der Waals surface area contributed by atoms with E-state index >= 15 is 0 Å². The first-order chi connectivity index (χ1) is 12.0. The maximum absolute atomic E-state index is 12.6. The van der Waals surface area contributed by atoms with Gasteiger partial charge in [-0.1, -0.05) is 49.3 Å². The van der Waals surface area contributed by atoms with Crippen molar-refractivity contribution >= 4 is 16.0 Å². The van der Waals surface area contributed by atoms with E-state index in [2.05, 4.69) is 10.2 Å². The van der Waals surface area contributed by atoms with Gasteiger partial charge in [0.2, 0.25) is 15.9 Å². The van der Waals surface area contributed by atoms with E-state index in [0.717, 1.165) is 5.56 Å². The second kappa shape index (κ2) is 7.53. The van der Waals surface area contributed by atoms with Crippen molar-refractivity contribution in [1.29, 1.82) is 0 Å². The first-order valence-corrected chi connectivity index (χ1v) is 10.2. The third-order valence-corrected chi connectivity index (χ3v) is 6.19. The Bertz CT molecular complexity index is 781. The van der Waals surface area contributed by atoms with E-state index in [4.69, 9.17) is 4.42 Å². The van der Waals surface area contributed by atoms with Crippen molar-refractivity contribution in [3.05, 3.63) is 41.8 Å². The smallest absolute Gasteiger partial charge is 0.318 e. The van der Waals surface area contributed by atoms with Gasteiger partial charge in [0.1, 0.15) is 0 Å². The molecule has 1 aliphatic rings. The van der Waals surface area contributed by atoms with E-state index in [0.29, 0.717) is 44.5 Å². The van der Waals surface area contributed by atoms with Crippen LogP contribution in [0.2, 0.25) is 0 Å². The fourth-order valence-electron chi connectivity index (χ4n) is 2.77.